The maximum atomic E-state index is 11.6. The Bertz CT molecular complexity index is 378. The number of morpholine rings is 1. The van der Waals surface area contributed by atoms with Gasteiger partial charge in [-0.2, -0.15) is 0 Å². The van der Waals surface area contributed by atoms with E-state index in [1.807, 2.05) is 24.3 Å². The van der Waals surface area contributed by atoms with Crippen molar-refractivity contribution in [2.24, 2.45) is 5.73 Å². The number of rotatable bonds is 4. The molecule has 0 aliphatic carbocycles. The minimum Gasteiger partial charge on any atom is -0.492 e. The van der Waals surface area contributed by atoms with Crippen LogP contribution in [0.15, 0.2) is 24.3 Å². The second-order valence-electron chi connectivity index (χ2n) is 3.73. The molecule has 1 aromatic carbocycles. The van der Waals surface area contributed by atoms with Crippen molar-refractivity contribution in [3.05, 3.63) is 24.3 Å². The first-order valence-electron chi connectivity index (χ1n) is 5.62. The van der Waals surface area contributed by atoms with Crippen LogP contribution in [-0.2, 0) is 9.53 Å². The van der Waals surface area contributed by atoms with E-state index in [1.54, 1.807) is 4.90 Å². The highest BCUT2D eigenvalue weighted by Crippen LogP contribution is 2.20. The lowest BCUT2D eigenvalue weighted by Crippen LogP contribution is -2.41. The van der Waals surface area contributed by atoms with E-state index in [-0.39, 0.29) is 12.5 Å². The molecule has 1 amide bonds. The maximum Gasteiger partial charge on any atom is 0.253 e. The summed E-state index contributed by atoms with van der Waals surface area (Å²) in [7, 11) is 0. The Morgan fingerprint density at radius 2 is 2.12 bits per heavy atom. The van der Waals surface area contributed by atoms with Crippen LogP contribution >= 0.6 is 0 Å². The number of carbonyl (C=O) groups is 1. The lowest BCUT2D eigenvalue weighted by Gasteiger charge is -2.26. The third-order valence-corrected chi connectivity index (χ3v) is 2.52. The molecule has 1 saturated heterocycles. The highest BCUT2D eigenvalue weighted by molar-refractivity contribution is 5.94. The smallest absolute Gasteiger partial charge is 0.253 e. The predicted octanol–water partition coefficient (Wildman–Crippen LogP) is 0.387. The molecule has 5 nitrogen and oxygen atoms in total. The molecule has 0 aromatic heterocycles. The number of hydrogen-bond donors (Lipinski definition) is 1. The van der Waals surface area contributed by atoms with Crippen molar-refractivity contribution >= 4 is 11.6 Å². The zero-order chi connectivity index (χ0) is 12.1. The minimum absolute atomic E-state index is 0.00752. The normalized spacial score (nSPS) is 16.1. The molecule has 0 radical (unpaired) electrons. The number of nitrogens with zero attached hydrogens (tertiary/aromatic N) is 1. The molecule has 0 atom stereocenters. The highest BCUT2D eigenvalue weighted by Gasteiger charge is 2.19. The minimum atomic E-state index is -0.00752. The van der Waals surface area contributed by atoms with Gasteiger partial charge in [0.05, 0.1) is 6.61 Å². The summed E-state index contributed by atoms with van der Waals surface area (Å²) in [6, 6.07) is 7.42. The monoisotopic (exact) mass is 236 g/mol. The van der Waals surface area contributed by atoms with Crippen LogP contribution in [0.4, 0.5) is 5.69 Å². The van der Waals surface area contributed by atoms with Gasteiger partial charge in [-0.1, -0.05) is 0 Å². The van der Waals surface area contributed by atoms with Gasteiger partial charge in [0.25, 0.3) is 5.91 Å². The Labute approximate surface area is 100 Å². The average molecular weight is 236 g/mol. The van der Waals surface area contributed by atoms with Crippen molar-refractivity contribution in [2.45, 2.75) is 0 Å². The summed E-state index contributed by atoms with van der Waals surface area (Å²) in [5, 5.41) is 0. The highest BCUT2D eigenvalue weighted by atomic mass is 16.5. The molecule has 5 heteroatoms. The quantitative estimate of drug-likeness (QED) is 0.821. The summed E-state index contributed by atoms with van der Waals surface area (Å²) in [6.07, 6.45) is 0. The fourth-order valence-electron chi connectivity index (χ4n) is 1.69. The molecular formula is C12H16N2O3. The van der Waals surface area contributed by atoms with Crippen LogP contribution in [0.3, 0.4) is 0 Å². The zero-order valence-corrected chi connectivity index (χ0v) is 9.59. The van der Waals surface area contributed by atoms with Crippen LogP contribution < -0.4 is 15.4 Å². The molecule has 0 unspecified atom stereocenters. The van der Waals surface area contributed by atoms with Crippen LogP contribution in [0, 0.1) is 0 Å². The van der Waals surface area contributed by atoms with Crippen LogP contribution in [0.1, 0.15) is 0 Å². The summed E-state index contributed by atoms with van der Waals surface area (Å²) in [4.78, 5) is 13.3. The number of anilines is 1. The fourth-order valence-corrected chi connectivity index (χ4v) is 1.69. The van der Waals surface area contributed by atoms with E-state index in [2.05, 4.69) is 0 Å². The van der Waals surface area contributed by atoms with Crippen LogP contribution in [0.25, 0.3) is 0 Å². The molecule has 2 rings (SSSR count). The van der Waals surface area contributed by atoms with Gasteiger partial charge in [0.15, 0.2) is 0 Å². The van der Waals surface area contributed by atoms with Crippen LogP contribution in [0.5, 0.6) is 5.75 Å². The second-order valence-corrected chi connectivity index (χ2v) is 3.73. The summed E-state index contributed by atoms with van der Waals surface area (Å²) < 4.78 is 10.5. The molecule has 0 bridgehead atoms. The molecule has 0 spiro atoms. The van der Waals surface area contributed by atoms with E-state index in [9.17, 15) is 4.79 Å². The van der Waals surface area contributed by atoms with Gasteiger partial charge in [-0.25, -0.2) is 0 Å². The summed E-state index contributed by atoms with van der Waals surface area (Å²) in [6.45, 7) is 2.32. The summed E-state index contributed by atoms with van der Waals surface area (Å²) >= 11 is 0. The lowest BCUT2D eigenvalue weighted by atomic mass is 10.2. The fraction of sp³-hybridized carbons (Fsp3) is 0.417. The first kappa shape index (κ1) is 11.9. The van der Waals surface area contributed by atoms with Crippen LogP contribution in [-0.4, -0.2) is 38.8 Å². The molecule has 0 saturated carbocycles. The molecule has 1 heterocycles. The van der Waals surface area contributed by atoms with E-state index >= 15 is 0 Å². The topological polar surface area (TPSA) is 64.8 Å². The standard InChI is InChI=1S/C12H16N2O3/c13-5-7-17-11-3-1-10(2-4-11)14-6-8-16-9-12(14)15/h1-4H,5-9,13H2. The van der Waals surface area contributed by atoms with Crippen molar-refractivity contribution in [1.29, 1.82) is 0 Å². The molecule has 1 aromatic rings. The Morgan fingerprint density at radius 1 is 1.35 bits per heavy atom. The second kappa shape index (κ2) is 5.65. The summed E-state index contributed by atoms with van der Waals surface area (Å²) in [5.74, 6) is 0.756. The number of ether oxygens (including phenoxy) is 2. The van der Waals surface area contributed by atoms with E-state index in [0.717, 1.165) is 11.4 Å². The lowest BCUT2D eigenvalue weighted by molar-refractivity contribution is -0.125. The van der Waals surface area contributed by atoms with Crippen molar-refractivity contribution in [3.8, 4) is 5.75 Å². The first-order valence-corrected chi connectivity index (χ1v) is 5.62. The number of benzene rings is 1. The number of carbonyl (C=O) groups excluding carboxylic acids is 1. The van der Waals surface area contributed by atoms with Gasteiger partial charge in [0.2, 0.25) is 0 Å². The molecule has 92 valence electrons. The van der Waals surface area contributed by atoms with E-state index < -0.39 is 0 Å². The SMILES string of the molecule is NCCOc1ccc(N2CCOCC2=O)cc1. The van der Waals surface area contributed by atoms with E-state index in [0.29, 0.717) is 26.3 Å². The molecule has 17 heavy (non-hydrogen) atoms. The van der Waals surface area contributed by atoms with Gasteiger partial charge in [-0.3, -0.25) is 4.79 Å². The number of nitrogens with two attached hydrogens (primary N) is 1. The Morgan fingerprint density at radius 3 is 2.76 bits per heavy atom. The molecule has 1 fully saturated rings. The zero-order valence-electron chi connectivity index (χ0n) is 9.59. The largest absolute Gasteiger partial charge is 0.492 e. The van der Waals surface area contributed by atoms with Gasteiger partial charge in [0, 0.05) is 18.8 Å². The van der Waals surface area contributed by atoms with Gasteiger partial charge in [-0.15, -0.1) is 0 Å². The summed E-state index contributed by atoms with van der Waals surface area (Å²) in [5.41, 5.74) is 6.22. The average Bonchev–Trinajstić information content (AvgIpc) is 2.38. The Balaban J connectivity index is 2.03. The molecule has 2 N–H and O–H groups in total. The van der Waals surface area contributed by atoms with E-state index in [4.69, 9.17) is 15.2 Å². The Kier molecular flexibility index (Phi) is 3.95. The van der Waals surface area contributed by atoms with Gasteiger partial charge in [0.1, 0.15) is 19.0 Å². The van der Waals surface area contributed by atoms with Gasteiger partial charge in [-0.05, 0) is 24.3 Å². The number of hydrogen-bond acceptors (Lipinski definition) is 4. The molecule has 1 aliphatic heterocycles. The maximum absolute atomic E-state index is 11.6. The predicted molar refractivity (Wildman–Crippen MR) is 64.2 cm³/mol. The Hall–Kier alpha value is -1.59. The number of amides is 1. The van der Waals surface area contributed by atoms with Gasteiger partial charge >= 0.3 is 0 Å². The van der Waals surface area contributed by atoms with Crippen molar-refractivity contribution in [3.63, 3.8) is 0 Å². The van der Waals surface area contributed by atoms with Crippen molar-refractivity contribution < 1.29 is 14.3 Å². The van der Waals surface area contributed by atoms with E-state index in [1.165, 1.54) is 0 Å². The molecular weight excluding hydrogens is 220 g/mol. The third-order valence-electron chi connectivity index (χ3n) is 2.52. The first-order chi connectivity index (χ1) is 8.31. The van der Waals surface area contributed by atoms with Crippen LogP contribution in [0.2, 0.25) is 0 Å². The van der Waals surface area contributed by atoms with Crippen molar-refractivity contribution in [1.82, 2.24) is 0 Å². The van der Waals surface area contributed by atoms with Gasteiger partial charge < -0.3 is 20.1 Å². The van der Waals surface area contributed by atoms with Crippen molar-refractivity contribution in [2.75, 3.05) is 37.8 Å². The third kappa shape index (κ3) is 2.95. The molecule has 1 aliphatic rings.